The Hall–Kier alpha value is -3.69. The van der Waals surface area contributed by atoms with Crippen LogP contribution in [0.25, 0.3) is 0 Å². The number of ether oxygens (including phenoxy) is 3. The maximum absolute atomic E-state index is 14.0. The van der Waals surface area contributed by atoms with Gasteiger partial charge in [0, 0.05) is 0 Å². The van der Waals surface area contributed by atoms with E-state index in [1.165, 1.54) is 0 Å². The quantitative estimate of drug-likeness (QED) is 0.418. The molecule has 40 heavy (non-hydrogen) atoms. The van der Waals surface area contributed by atoms with Gasteiger partial charge in [-0.05, 0) is 45.7 Å². The number of rotatable bonds is 7. The van der Waals surface area contributed by atoms with Crippen LogP contribution in [0.5, 0.6) is 0 Å². The average Bonchev–Trinajstić information content (AvgIpc) is 3.42. The number of nitrogens with zero attached hydrogens (tertiary/aromatic N) is 4. The summed E-state index contributed by atoms with van der Waals surface area (Å²) in [5, 5.41) is 4.59. The molecule has 0 spiro atoms. The van der Waals surface area contributed by atoms with Gasteiger partial charge in [0.2, 0.25) is 0 Å². The average molecular weight is 547 g/mol. The van der Waals surface area contributed by atoms with Gasteiger partial charge in [-0.15, -0.1) is 0 Å². The SMILES string of the molecule is CC1Cn2ncc(N3C(=O)[C@@H](OCc4ccccc4)[C@H](OCc4ccccc4)[C@H]3C)c2CN1C(=O)OC(C)(C)C. The molecule has 1 fully saturated rings. The summed E-state index contributed by atoms with van der Waals surface area (Å²) in [5.41, 5.74) is 2.84. The highest BCUT2D eigenvalue weighted by atomic mass is 16.6. The van der Waals surface area contributed by atoms with Crippen molar-refractivity contribution >= 4 is 17.7 Å². The summed E-state index contributed by atoms with van der Waals surface area (Å²) in [5.74, 6) is -0.181. The Morgan fingerprint density at radius 3 is 2.15 bits per heavy atom. The molecule has 1 saturated heterocycles. The zero-order chi connectivity index (χ0) is 28.4. The number of anilines is 1. The van der Waals surface area contributed by atoms with Crippen LogP contribution in [0.15, 0.2) is 66.9 Å². The van der Waals surface area contributed by atoms with Gasteiger partial charge in [0.05, 0.1) is 56.0 Å². The summed E-state index contributed by atoms with van der Waals surface area (Å²) in [4.78, 5) is 30.4. The maximum atomic E-state index is 14.0. The lowest BCUT2D eigenvalue weighted by molar-refractivity contribution is -0.136. The van der Waals surface area contributed by atoms with E-state index in [2.05, 4.69) is 5.10 Å². The van der Waals surface area contributed by atoms with Crippen molar-refractivity contribution in [3.63, 3.8) is 0 Å². The first-order valence-electron chi connectivity index (χ1n) is 13.8. The molecular formula is C31H38N4O5. The van der Waals surface area contributed by atoms with Gasteiger partial charge in [-0.2, -0.15) is 5.10 Å². The van der Waals surface area contributed by atoms with E-state index in [1.54, 1.807) is 16.0 Å². The summed E-state index contributed by atoms with van der Waals surface area (Å²) >= 11 is 0. The number of hydrogen-bond acceptors (Lipinski definition) is 6. The van der Waals surface area contributed by atoms with Crippen LogP contribution in [0.1, 0.15) is 51.4 Å². The molecule has 2 amide bonds. The van der Waals surface area contributed by atoms with Gasteiger partial charge in [0.15, 0.2) is 6.10 Å². The second kappa shape index (κ2) is 11.4. The van der Waals surface area contributed by atoms with Crippen LogP contribution in [0.4, 0.5) is 10.5 Å². The Kier molecular flexibility index (Phi) is 7.96. The van der Waals surface area contributed by atoms with Crippen LogP contribution >= 0.6 is 0 Å². The third-order valence-electron chi connectivity index (χ3n) is 7.32. The van der Waals surface area contributed by atoms with E-state index in [0.29, 0.717) is 25.4 Å². The molecule has 0 aliphatic carbocycles. The van der Waals surface area contributed by atoms with E-state index < -0.39 is 17.8 Å². The lowest BCUT2D eigenvalue weighted by atomic mass is 10.1. The van der Waals surface area contributed by atoms with Crippen molar-refractivity contribution in [1.29, 1.82) is 0 Å². The molecule has 0 bridgehead atoms. The summed E-state index contributed by atoms with van der Waals surface area (Å²) in [6.45, 7) is 10.9. The molecule has 2 aliphatic rings. The molecule has 9 nitrogen and oxygen atoms in total. The van der Waals surface area contributed by atoms with E-state index >= 15 is 0 Å². The number of benzene rings is 2. The fourth-order valence-corrected chi connectivity index (χ4v) is 5.29. The molecule has 5 rings (SSSR count). The van der Waals surface area contributed by atoms with Gasteiger partial charge < -0.3 is 19.1 Å². The lowest BCUT2D eigenvalue weighted by Crippen LogP contribution is -2.47. The Morgan fingerprint density at radius 2 is 1.55 bits per heavy atom. The summed E-state index contributed by atoms with van der Waals surface area (Å²) < 4.78 is 20.2. The fraction of sp³-hybridized carbons (Fsp3) is 0.452. The minimum Gasteiger partial charge on any atom is -0.444 e. The molecule has 4 atom stereocenters. The van der Waals surface area contributed by atoms with E-state index in [-0.39, 0.29) is 30.6 Å². The Balaban J connectivity index is 1.41. The van der Waals surface area contributed by atoms with Gasteiger partial charge in [-0.25, -0.2) is 4.79 Å². The van der Waals surface area contributed by atoms with Crippen molar-refractivity contribution in [2.75, 3.05) is 4.90 Å². The second-order valence-electron chi connectivity index (χ2n) is 11.5. The Bertz CT molecular complexity index is 1320. The predicted molar refractivity (Wildman–Crippen MR) is 150 cm³/mol. The van der Waals surface area contributed by atoms with Crippen molar-refractivity contribution in [3.8, 4) is 0 Å². The van der Waals surface area contributed by atoms with E-state index in [4.69, 9.17) is 14.2 Å². The first-order valence-corrected chi connectivity index (χ1v) is 13.8. The lowest BCUT2D eigenvalue weighted by Gasteiger charge is -2.36. The maximum Gasteiger partial charge on any atom is 0.410 e. The Labute approximate surface area is 235 Å². The topological polar surface area (TPSA) is 86.1 Å². The second-order valence-corrected chi connectivity index (χ2v) is 11.5. The largest absolute Gasteiger partial charge is 0.444 e. The zero-order valence-electron chi connectivity index (χ0n) is 23.8. The summed E-state index contributed by atoms with van der Waals surface area (Å²) in [6, 6.07) is 19.3. The molecule has 0 radical (unpaired) electrons. The molecule has 1 unspecified atom stereocenters. The highest BCUT2D eigenvalue weighted by Crippen LogP contribution is 2.36. The molecule has 0 N–H and O–H groups in total. The van der Waals surface area contributed by atoms with Gasteiger partial charge in [0.25, 0.3) is 5.91 Å². The summed E-state index contributed by atoms with van der Waals surface area (Å²) in [6.07, 6.45) is 0.0332. The predicted octanol–water partition coefficient (Wildman–Crippen LogP) is 4.93. The van der Waals surface area contributed by atoms with Gasteiger partial charge in [0.1, 0.15) is 11.7 Å². The van der Waals surface area contributed by atoms with E-state index in [9.17, 15) is 9.59 Å². The number of carbonyl (C=O) groups is 2. The number of hydrogen-bond donors (Lipinski definition) is 0. The van der Waals surface area contributed by atoms with Crippen molar-refractivity contribution in [2.24, 2.45) is 0 Å². The monoisotopic (exact) mass is 546 g/mol. The highest BCUT2D eigenvalue weighted by Gasteiger charge is 2.50. The fourth-order valence-electron chi connectivity index (χ4n) is 5.29. The Morgan fingerprint density at radius 1 is 0.950 bits per heavy atom. The minimum absolute atomic E-state index is 0.106. The van der Waals surface area contributed by atoms with Crippen molar-refractivity contribution < 1.29 is 23.8 Å². The van der Waals surface area contributed by atoms with Crippen LogP contribution < -0.4 is 4.90 Å². The molecule has 2 aromatic carbocycles. The number of amides is 2. The molecule has 3 aromatic rings. The van der Waals surface area contributed by atoms with Gasteiger partial charge in [-0.3, -0.25) is 14.4 Å². The third kappa shape index (κ3) is 5.90. The first kappa shape index (κ1) is 27.9. The van der Waals surface area contributed by atoms with E-state index in [0.717, 1.165) is 16.8 Å². The number of aromatic nitrogens is 2. The van der Waals surface area contributed by atoms with Crippen molar-refractivity contribution in [2.45, 2.75) is 90.8 Å². The number of carbonyl (C=O) groups excluding carboxylic acids is 2. The molecule has 2 aliphatic heterocycles. The normalized spacial score (nSPS) is 22.9. The van der Waals surface area contributed by atoms with Crippen molar-refractivity contribution in [3.05, 3.63) is 83.7 Å². The smallest absolute Gasteiger partial charge is 0.410 e. The molecule has 9 heteroatoms. The van der Waals surface area contributed by atoms with E-state index in [1.807, 2.05) is 100.0 Å². The summed E-state index contributed by atoms with van der Waals surface area (Å²) in [7, 11) is 0. The van der Waals surface area contributed by atoms with Gasteiger partial charge in [-0.1, -0.05) is 60.7 Å². The van der Waals surface area contributed by atoms with Crippen LogP contribution in [0.2, 0.25) is 0 Å². The van der Waals surface area contributed by atoms with Crippen LogP contribution in [0.3, 0.4) is 0 Å². The van der Waals surface area contributed by atoms with Crippen LogP contribution in [-0.2, 0) is 45.3 Å². The molecular weight excluding hydrogens is 508 g/mol. The third-order valence-corrected chi connectivity index (χ3v) is 7.32. The molecule has 212 valence electrons. The van der Waals surface area contributed by atoms with Gasteiger partial charge >= 0.3 is 6.09 Å². The molecule has 1 aromatic heterocycles. The zero-order valence-corrected chi connectivity index (χ0v) is 23.8. The highest BCUT2D eigenvalue weighted by molar-refractivity contribution is 6.01. The standard InChI is InChI=1S/C31H38N4O5/c1-21-17-34-26(18-33(21)30(37)40-31(3,4)5)25(16-32-34)35-22(2)27(38-19-23-12-8-6-9-13-23)28(29(35)36)39-20-24-14-10-7-11-15-24/h6-16,21-22,27-28H,17-20H2,1-5H3/t21?,22-,27-,28+/m1/s1. The first-order chi connectivity index (χ1) is 19.1. The number of fused-ring (bicyclic) bond motifs is 1. The van der Waals surface area contributed by atoms with Crippen LogP contribution in [0, 0.1) is 0 Å². The van der Waals surface area contributed by atoms with Crippen molar-refractivity contribution in [1.82, 2.24) is 14.7 Å². The molecule has 3 heterocycles. The molecule has 0 saturated carbocycles. The minimum atomic E-state index is -0.793. The van der Waals surface area contributed by atoms with Crippen LogP contribution in [-0.4, -0.2) is 56.6 Å².